The van der Waals surface area contributed by atoms with Crippen molar-refractivity contribution in [2.24, 2.45) is 0 Å². The minimum atomic E-state index is -0.392. The molecular formula is C56H37NS. The maximum absolute atomic E-state index is 9.65. The van der Waals surface area contributed by atoms with Gasteiger partial charge in [0.1, 0.15) is 0 Å². The third-order valence-electron chi connectivity index (χ3n) is 10.8. The summed E-state index contributed by atoms with van der Waals surface area (Å²) in [7, 11) is 0. The van der Waals surface area contributed by atoms with Crippen LogP contribution in [0.3, 0.4) is 0 Å². The van der Waals surface area contributed by atoms with Gasteiger partial charge in [-0.1, -0.05) is 170 Å². The van der Waals surface area contributed by atoms with Crippen molar-refractivity contribution < 1.29 is 11.0 Å². The molecular weight excluding hydrogens is 719 g/mol. The second-order valence-electron chi connectivity index (χ2n) is 14.3. The van der Waals surface area contributed by atoms with Crippen LogP contribution in [-0.2, 0) is 0 Å². The molecule has 0 bridgehead atoms. The Morgan fingerprint density at radius 3 is 1.67 bits per heavy atom. The van der Waals surface area contributed by atoms with Crippen LogP contribution < -0.4 is 4.90 Å². The lowest BCUT2D eigenvalue weighted by Crippen LogP contribution is -2.09. The van der Waals surface area contributed by atoms with Crippen LogP contribution >= 0.6 is 11.3 Å². The Hall–Kier alpha value is -7.26. The largest absolute Gasteiger partial charge is 0.311 e. The highest BCUT2D eigenvalue weighted by atomic mass is 32.1. The fraction of sp³-hybridized carbons (Fsp3) is 0. The van der Waals surface area contributed by atoms with Crippen molar-refractivity contribution in [3.8, 4) is 44.5 Å². The molecule has 0 saturated carbocycles. The van der Waals surface area contributed by atoms with Gasteiger partial charge in [-0.05, 0) is 121 Å². The van der Waals surface area contributed by atoms with E-state index in [1.54, 1.807) is 35.6 Å². The van der Waals surface area contributed by atoms with E-state index >= 15 is 0 Å². The maximum atomic E-state index is 9.65. The lowest BCUT2D eigenvalue weighted by atomic mass is 9.97. The zero-order valence-electron chi connectivity index (χ0n) is 39.1. The van der Waals surface area contributed by atoms with Gasteiger partial charge in [0.15, 0.2) is 0 Å². The molecule has 0 aliphatic rings. The Labute approximate surface area is 353 Å². The molecule has 1 aromatic heterocycles. The van der Waals surface area contributed by atoms with Gasteiger partial charge in [0, 0.05) is 37.2 Å². The van der Waals surface area contributed by atoms with Crippen molar-refractivity contribution >= 4 is 70.1 Å². The summed E-state index contributed by atoms with van der Waals surface area (Å²) in [5.41, 5.74) is 4.91. The summed E-state index contributed by atoms with van der Waals surface area (Å²) in [4.78, 5) is 1.37. The van der Waals surface area contributed by atoms with Crippen molar-refractivity contribution in [3.05, 3.63) is 224 Å². The summed E-state index contributed by atoms with van der Waals surface area (Å²) in [5, 5.41) is 6.14. The van der Waals surface area contributed by atoms with Gasteiger partial charge < -0.3 is 4.90 Å². The number of hydrogen-bond acceptors (Lipinski definition) is 2. The van der Waals surface area contributed by atoms with Gasteiger partial charge in [0.05, 0.1) is 11.0 Å². The molecule has 1 heterocycles. The molecule has 11 aromatic rings. The van der Waals surface area contributed by atoms with Crippen LogP contribution in [0, 0.1) is 0 Å². The summed E-state index contributed by atoms with van der Waals surface area (Å²) in [6, 6.07) is 53.9. The topological polar surface area (TPSA) is 3.24 Å². The second-order valence-corrected chi connectivity index (χ2v) is 15.3. The molecule has 10 aromatic carbocycles. The molecule has 0 unspecified atom stereocenters. The zero-order chi connectivity index (χ0) is 45.4. The molecule has 0 fully saturated rings. The second kappa shape index (κ2) is 14.4. The summed E-state index contributed by atoms with van der Waals surface area (Å²) < 4.78 is 78.8. The predicted octanol–water partition coefficient (Wildman–Crippen LogP) is 16.5. The molecule has 0 atom stereocenters. The third kappa shape index (κ3) is 6.12. The first kappa shape index (κ1) is 26.6. The van der Waals surface area contributed by atoms with Crippen molar-refractivity contribution in [2.45, 2.75) is 0 Å². The van der Waals surface area contributed by atoms with E-state index in [2.05, 4.69) is 36.4 Å². The molecule has 1 nitrogen and oxygen atoms in total. The molecule has 0 aliphatic carbocycles. The van der Waals surface area contributed by atoms with Gasteiger partial charge in [-0.2, -0.15) is 0 Å². The van der Waals surface area contributed by atoms with E-state index in [9.17, 15) is 11.0 Å². The third-order valence-corrected chi connectivity index (χ3v) is 12.0. The van der Waals surface area contributed by atoms with Gasteiger partial charge >= 0.3 is 0 Å². The Bertz CT molecular complexity index is 3700. The van der Waals surface area contributed by atoms with Crippen molar-refractivity contribution in [3.63, 3.8) is 0 Å². The number of benzene rings is 10. The average Bonchev–Trinajstić information content (AvgIpc) is 3.74. The maximum Gasteiger partial charge on any atom is 0.0645 e. The predicted molar refractivity (Wildman–Crippen MR) is 251 cm³/mol. The minimum Gasteiger partial charge on any atom is -0.311 e. The molecule has 58 heavy (non-hydrogen) atoms. The number of thiophene rings is 1. The molecule has 0 amide bonds. The molecule has 0 N–H and O–H groups in total. The van der Waals surface area contributed by atoms with Crippen LogP contribution in [0.1, 0.15) is 11.0 Å². The normalized spacial score (nSPS) is 13.4. The molecule has 0 radical (unpaired) electrons. The van der Waals surface area contributed by atoms with Gasteiger partial charge in [-0.15, -0.1) is 11.3 Å². The molecule has 0 aliphatic heterocycles. The fourth-order valence-electron chi connectivity index (χ4n) is 7.92. The van der Waals surface area contributed by atoms with E-state index in [0.29, 0.717) is 16.8 Å². The van der Waals surface area contributed by atoms with Crippen LogP contribution in [0.4, 0.5) is 17.1 Å². The quantitative estimate of drug-likeness (QED) is 0.156. The van der Waals surface area contributed by atoms with E-state index in [4.69, 9.17) is 0 Å². The van der Waals surface area contributed by atoms with Crippen molar-refractivity contribution in [1.29, 1.82) is 0 Å². The smallest absolute Gasteiger partial charge is 0.0645 e. The van der Waals surface area contributed by atoms with Gasteiger partial charge in [-0.3, -0.25) is 0 Å². The SMILES string of the molecule is [2H]c1c([2H])c(N(c2ccc(-c3cccc4c3sc3ccccc34)cc2)c2c([2H])c([2H])c(-c3cccc4ccccc34)c([2H])c2[2H])c([2H])c([2H])c1-c1cccc(-c2ccc3ccccc3c2)c1. The summed E-state index contributed by atoms with van der Waals surface area (Å²) >= 11 is 1.71. The van der Waals surface area contributed by atoms with Crippen LogP contribution in [0.25, 0.3) is 86.2 Å². The molecule has 11 rings (SSSR count). The standard InChI is InChI=1S/C56H37NS/c1-2-12-43-37-46(23-22-38(43)10-1)45-15-7-14-44(36-45)39-24-30-47(31-25-39)57(48-32-26-41(27-33-48)51-18-8-13-40-11-3-4-16-50(40)51)49-34-28-42(29-35-49)52-19-9-20-54-53-17-5-6-21-55(53)58-56(52)54/h1-37H/i24D,25D,26D,27D,30D,31D,32D,33D. The summed E-state index contributed by atoms with van der Waals surface area (Å²) in [6.45, 7) is 0. The van der Waals surface area contributed by atoms with Gasteiger partial charge in [-0.25, -0.2) is 0 Å². The number of fused-ring (bicyclic) bond motifs is 5. The Balaban J connectivity index is 1.10. The number of hydrogen-bond donors (Lipinski definition) is 0. The fourth-order valence-corrected chi connectivity index (χ4v) is 9.15. The highest BCUT2D eigenvalue weighted by molar-refractivity contribution is 7.26. The number of nitrogens with zero attached hydrogens (tertiary/aromatic N) is 1. The monoisotopic (exact) mass is 763 g/mol. The lowest BCUT2D eigenvalue weighted by Gasteiger charge is -2.26. The van der Waals surface area contributed by atoms with Crippen molar-refractivity contribution in [2.75, 3.05) is 4.90 Å². The van der Waals surface area contributed by atoms with E-state index in [0.717, 1.165) is 53.9 Å². The van der Waals surface area contributed by atoms with Gasteiger partial charge in [0.25, 0.3) is 0 Å². The Kier molecular flexibility index (Phi) is 6.57. The Morgan fingerprint density at radius 1 is 0.328 bits per heavy atom. The Morgan fingerprint density at radius 2 is 0.879 bits per heavy atom. The van der Waals surface area contributed by atoms with Crippen LogP contribution in [-0.4, -0.2) is 0 Å². The van der Waals surface area contributed by atoms with Crippen LogP contribution in [0.15, 0.2) is 224 Å². The lowest BCUT2D eigenvalue weighted by molar-refractivity contribution is 1.28. The highest BCUT2D eigenvalue weighted by Gasteiger charge is 2.16. The molecule has 0 spiro atoms. The zero-order valence-corrected chi connectivity index (χ0v) is 31.9. The summed E-state index contributed by atoms with van der Waals surface area (Å²) in [5.74, 6) is 0. The van der Waals surface area contributed by atoms with Crippen LogP contribution in [0.2, 0.25) is 0 Å². The number of anilines is 3. The van der Waals surface area contributed by atoms with Crippen LogP contribution in [0.5, 0.6) is 0 Å². The average molecular weight is 764 g/mol. The van der Waals surface area contributed by atoms with Gasteiger partial charge in [0.2, 0.25) is 0 Å². The van der Waals surface area contributed by atoms with E-state index in [1.165, 1.54) is 15.0 Å². The summed E-state index contributed by atoms with van der Waals surface area (Å²) in [6.07, 6.45) is 0. The first-order valence-corrected chi connectivity index (χ1v) is 20.0. The van der Waals surface area contributed by atoms with E-state index < -0.39 is 12.1 Å². The molecule has 2 heteroatoms. The van der Waals surface area contributed by atoms with E-state index in [1.807, 2.05) is 115 Å². The highest BCUT2D eigenvalue weighted by Crippen LogP contribution is 2.42. The minimum absolute atomic E-state index is 0.106. The molecule has 0 saturated heterocycles. The first-order valence-electron chi connectivity index (χ1n) is 23.2. The first-order chi connectivity index (χ1) is 32.1. The van der Waals surface area contributed by atoms with Crippen molar-refractivity contribution in [1.82, 2.24) is 0 Å². The molecule has 272 valence electrons. The van der Waals surface area contributed by atoms with E-state index in [-0.39, 0.29) is 58.8 Å². The number of rotatable bonds is 7.